The van der Waals surface area contributed by atoms with E-state index in [-0.39, 0.29) is 5.91 Å². The first kappa shape index (κ1) is 14.5. The van der Waals surface area contributed by atoms with E-state index in [1.807, 2.05) is 35.2 Å². The molecule has 0 saturated heterocycles. The quantitative estimate of drug-likeness (QED) is 0.687. The van der Waals surface area contributed by atoms with Gasteiger partial charge in [0, 0.05) is 40.6 Å². The zero-order chi connectivity index (χ0) is 15.8. The SMILES string of the molecule is O=C(c1ccccc1)N1CCc2[nH]c3c(Br)cccc3c2CC1. The topological polar surface area (TPSA) is 36.1 Å². The highest BCUT2D eigenvalue weighted by Gasteiger charge is 2.22. The fourth-order valence-corrected chi connectivity index (χ4v) is 3.83. The smallest absolute Gasteiger partial charge is 0.253 e. The third kappa shape index (κ3) is 2.57. The largest absolute Gasteiger partial charge is 0.357 e. The molecular weight excluding hydrogens is 352 g/mol. The second kappa shape index (κ2) is 5.85. The molecule has 0 aliphatic carbocycles. The van der Waals surface area contributed by atoms with Gasteiger partial charge in [-0.3, -0.25) is 4.79 Å². The molecule has 0 bridgehead atoms. The Kier molecular flexibility index (Phi) is 3.69. The molecular formula is C19H17BrN2O. The zero-order valence-electron chi connectivity index (χ0n) is 12.7. The lowest BCUT2D eigenvalue weighted by molar-refractivity contribution is 0.0763. The van der Waals surface area contributed by atoms with Crippen molar-refractivity contribution in [2.45, 2.75) is 12.8 Å². The van der Waals surface area contributed by atoms with Crippen molar-refractivity contribution in [1.82, 2.24) is 9.88 Å². The van der Waals surface area contributed by atoms with Gasteiger partial charge in [0.1, 0.15) is 0 Å². The van der Waals surface area contributed by atoms with Crippen LogP contribution in [0.4, 0.5) is 0 Å². The lowest BCUT2D eigenvalue weighted by atomic mass is 10.1. The summed E-state index contributed by atoms with van der Waals surface area (Å²) in [5.74, 6) is 0.126. The van der Waals surface area contributed by atoms with Crippen LogP contribution in [0.2, 0.25) is 0 Å². The van der Waals surface area contributed by atoms with E-state index in [1.54, 1.807) is 0 Å². The van der Waals surface area contributed by atoms with Gasteiger partial charge in [0.2, 0.25) is 0 Å². The van der Waals surface area contributed by atoms with E-state index in [0.29, 0.717) is 0 Å². The van der Waals surface area contributed by atoms with Gasteiger partial charge in [0.15, 0.2) is 0 Å². The van der Waals surface area contributed by atoms with Gasteiger partial charge < -0.3 is 9.88 Å². The number of nitrogens with zero attached hydrogens (tertiary/aromatic N) is 1. The number of H-pyrrole nitrogens is 1. The Balaban J connectivity index is 1.62. The Morgan fingerprint density at radius 1 is 1.00 bits per heavy atom. The number of para-hydroxylation sites is 1. The van der Waals surface area contributed by atoms with E-state index >= 15 is 0 Å². The molecule has 23 heavy (non-hydrogen) atoms. The minimum Gasteiger partial charge on any atom is -0.357 e. The number of nitrogens with one attached hydrogen (secondary N) is 1. The summed E-state index contributed by atoms with van der Waals surface area (Å²) in [5, 5.41) is 1.27. The molecule has 2 aromatic carbocycles. The standard InChI is InChI=1S/C19H17BrN2O/c20-16-8-4-7-15-14-9-11-22(12-10-17(14)21-18(15)16)19(23)13-5-2-1-3-6-13/h1-8,21H,9-12H2. The molecule has 4 rings (SSSR count). The van der Waals surface area contributed by atoms with Gasteiger partial charge in [-0.2, -0.15) is 0 Å². The Bertz CT molecular complexity index is 870. The Morgan fingerprint density at radius 3 is 2.61 bits per heavy atom. The molecule has 0 saturated carbocycles. The van der Waals surface area contributed by atoms with Gasteiger partial charge >= 0.3 is 0 Å². The molecule has 0 radical (unpaired) electrons. The van der Waals surface area contributed by atoms with Crippen LogP contribution in [0.5, 0.6) is 0 Å². The highest BCUT2D eigenvalue weighted by molar-refractivity contribution is 9.10. The minimum absolute atomic E-state index is 0.126. The normalized spacial score (nSPS) is 14.6. The molecule has 0 fully saturated rings. The van der Waals surface area contributed by atoms with Crippen molar-refractivity contribution in [2.75, 3.05) is 13.1 Å². The summed E-state index contributed by atoms with van der Waals surface area (Å²) in [6.45, 7) is 1.52. The summed E-state index contributed by atoms with van der Waals surface area (Å²) in [4.78, 5) is 18.2. The third-order valence-electron chi connectivity index (χ3n) is 4.55. The fourth-order valence-electron chi connectivity index (χ4n) is 3.36. The minimum atomic E-state index is 0.126. The Hall–Kier alpha value is -2.07. The van der Waals surface area contributed by atoms with Crippen LogP contribution in [0, 0.1) is 0 Å². The van der Waals surface area contributed by atoms with Crippen molar-refractivity contribution >= 4 is 32.7 Å². The van der Waals surface area contributed by atoms with E-state index < -0.39 is 0 Å². The molecule has 1 N–H and O–H groups in total. The van der Waals surface area contributed by atoms with Crippen LogP contribution in [0.1, 0.15) is 21.6 Å². The Labute approximate surface area is 143 Å². The van der Waals surface area contributed by atoms with Gasteiger partial charge in [-0.25, -0.2) is 0 Å². The number of halogens is 1. The van der Waals surface area contributed by atoms with Crippen LogP contribution in [0.25, 0.3) is 10.9 Å². The van der Waals surface area contributed by atoms with Gasteiger partial charge in [0.05, 0.1) is 5.52 Å². The first-order valence-electron chi connectivity index (χ1n) is 7.86. The van der Waals surface area contributed by atoms with Crippen molar-refractivity contribution in [3.8, 4) is 0 Å². The lowest BCUT2D eigenvalue weighted by Gasteiger charge is -2.20. The van der Waals surface area contributed by atoms with Crippen LogP contribution in [0.15, 0.2) is 53.0 Å². The number of amides is 1. The van der Waals surface area contributed by atoms with Crippen LogP contribution < -0.4 is 0 Å². The van der Waals surface area contributed by atoms with E-state index in [0.717, 1.165) is 36.0 Å². The molecule has 2 heterocycles. The molecule has 4 heteroatoms. The molecule has 1 aliphatic heterocycles. The van der Waals surface area contributed by atoms with Gasteiger partial charge in [-0.05, 0) is 46.1 Å². The summed E-state index contributed by atoms with van der Waals surface area (Å²) in [5.41, 5.74) is 4.55. The first-order valence-corrected chi connectivity index (χ1v) is 8.65. The van der Waals surface area contributed by atoms with E-state index in [4.69, 9.17) is 0 Å². The predicted molar refractivity (Wildman–Crippen MR) is 95.8 cm³/mol. The van der Waals surface area contributed by atoms with Gasteiger partial charge in [-0.15, -0.1) is 0 Å². The average molecular weight is 369 g/mol. The monoisotopic (exact) mass is 368 g/mol. The number of rotatable bonds is 1. The van der Waals surface area contributed by atoms with Crippen LogP contribution in [-0.2, 0) is 12.8 Å². The number of fused-ring (bicyclic) bond motifs is 3. The number of hydrogen-bond acceptors (Lipinski definition) is 1. The highest BCUT2D eigenvalue weighted by atomic mass is 79.9. The maximum absolute atomic E-state index is 12.7. The summed E-state index contributed by atoms with van der Waals surface area (Å²) >= 11 is 3.61. The molecule has 0 unspecified atom stereocenters. The van der Waals surface area contributed by atoms with Crippen molar-refractivity contribution in [3.05, 3.63) is 69.8 Å². The van der Waals surface area contributed by atoms with Crippen molar-refractivity contribution < 1.29 is 4.79 Å². The van der Waals surface area contributed by atoms with Gasteiger partial charge in [0.25, 0.3) is 5.91 Å². The maximum atomic E-state index is 12.7. The van der Waals surface area contributed by atoms with E-state index in [2.05, 4.69) is 39.1 Å². The second-order valence-electron chi connectivity index (χ2n) is 5.90. The number of carbonyl (C=O) groups excluding carboxylic acids is 1. The highest BCUT2D eigenvalue weighted by Crippen LogP contribution is 2.30. The lowest BCUT2D eigenvalue weighted by Crippen LogP contribution is -2.33. The van der Waals surface area contributed by atoms with Crippen LogP contribution >= 0.6 is 15.9 Å². The summed E-state index contributed by atoms with van der Waals surface area (Å²) in [6, 6.07) is 15.8. The van der Waals surface area contributed by atoms with E-state index in [1.165, 1.54) is 22.2 Å². The van der Waals surface area contributed by atoms with E-state index in [9.17, 15) is 4.79 Å². The number of aromatic nitrogens is 1. The van der Waals surface area contributed by atoms with Crippen molar-refractivity contribution in [1.29, 1.82) is 0 Å². The Morgan fingerprint density at radius 2 is 1.78 bits per heavy atom. The number of aromatic amines is 1. The summed E-state index contributed by atoms with van der Waals surface area (Å²) in [7, 11) is 0. The van der Waals surface area contributed by atoms with Crippen LogP contribution in [-0.4, -0.2) is 28.9 Å². The maximum Gasteiger partial charge on any atom is 0.253 e. The zero-order valence-corrected chi connectivity index (χ0v) is 14.3. The third-order valence-corrected chi connectivity index (χ3v) is 5.21. The van der Waals surface area contributed by atoms with Gasteiger partial charge in [-0.1, -0.05) is 30.3 Å². The summed E-state index contributed by atoms with van der Waals surface area (Å²) < 4.78 is 1.10. The predicted octanol–water partition coefficient (Wildman–Crippen LogP) is 4.17. The molecule has 3 nitrogen and oxygen atoms in total. The number of carbonyl (C=O) groups is 1. The van der Waals surface area contributed by atoms with Crippen LogP contribution in [0.3, 0.4) is 0 Å². The molecule has 1 aliphatic rings. The molecule has 1 amide bonds. The molecule has 0 atom stereocenters. The number of hydrogen-bond donors (Lipinski definition) is 1. The molecule has 3 aromatic rings. The average Bonchev–Trinajstić information content (AvgIpc) is 2.81. The van der Waals surface area contributed by atoms with Crippen molar-refractivity contribution in [3.63, 3.8) is 0 Å². The second-order valence-corrected chi connectivity index (χ2v) is 6.76. The first-order chi connectivity index (χ1) is 11.2. The fraction of sp³-hybridized carbons (Fsp3) is 0.211. The molecule has 1 aromatic heterocycles. The van der Waals surface area contributed by atoms with Crippen molar-refractivity contribution in [2.24, 2.45) is 0 Å². The number of benzene rings is 2. The molecule has 0 spiro atoms. The summed E-state index contributed by atoms with van der Waals surface area (Å²) in [6.07, 6.45) is 1.76. The molecule has 116 valence electrons.